The van der Waals surface area contributed by atoms with E-state index in [4.69, 9.17) is 22.3 Å². The molecular formula is C75H129N19O27. The number of likely N-dealkylation sites (tertiary alicyclic amines) is 1. The fourth-order valence-electron chi connectivity index (χ4n) is 12.2. The summed E-state index contributed by atoms with van der Waals surface area (Å²) in [6, 6.07) is -21.6. The van der Waals surface area contributed by atoms with Crippen LogP contribution in [0.1, 0.15) is 179 Å². The number of carboxylic acid groups (broad SMARTS) is 4. The standard InChI is InChI=1S/C75H129N19O27/c1-12-39(9)59(91-64(109)43(20-15-17-27-77)84-66(111)48(34-95)87-62(107)42(78)19-14-16-26-76)69(114)81-33-53(100)83-46(30-56(105)106)65(110)92-60(40(10)13-2)72(117)89-58(38(7)8)71(116)93-61(41(11)97)73(118)90-57(37(5)6)70(115)88-49(35-96)67(112)86-47(29-36(3)4)74(119)94-28-18-21-50(94)68(113)80-31-51(98)79-32-52(99)82-44(22-24-54(101)102)63(108)85-45(75(120)121)23-25-55(103)104/h36-50,57-61,95-97H,12-35,76-78H2,1-11H3,(H,79,98)(H,80,113)(H,81,114)(H,82,99)(H,83,100)(H,84,111)(H,85,108)(H,86,112)(H,87,107)(H,88,115)(H,89,117)(H,90,118)(H,91,109)(H,92,110)(H,93,116)(H,101,102)(H,103,104)(H,105,106)(H,120,121)/t39-,40-,41+,42-,43-,44-,45-,46-,47-,48-,49-,50-,57-,58-,59-,60-,61-/m0/s1. The fraction of sp³-hybridized carbons (Fsp3) is 0.733. The minimum Gasteiger partial charge on any atom is -0.481 e. The highest BCUT2D eigenvalue weighted by Gasteiger charge is 2.42. The Balaban J connectivity index is 3.28. The predicted molar refractivity (Wildman–Crippen MR) is 428 cm³/mol. The highest BCUT2D eigenvalue weighted by atomic mass is 16.4. The van der Waals surface area contributed by atoms with Crippen LogP contribution >= 0.6 is 0 Å². The number of hydrogen-bond acceptors (Lipinski definition) is 26. The molecule has 17 atom stereocenters. The maximum atomic E-state index is 14.3. The SMILES string of the molecule is CC[C@H](C)[C@H](NC(=O)[C@H](CCCCN)NC(=O)[C@H](CO)NC(=O)[C@@H](N)CCCCN)C(=O)NCC(=O)N[C@@H](CC(=O)O)C(=O)N[C@H](C(=O)N[C@H](C(=O)N[C@H](C(=O)N[C@H](C(=O)N[C@@H](CO)C(=O)N[C@@H](CC(C)C)C(=O)N1CCC[C@H]1C(=O)NCC(=O)NCC(=O)N[C@@H](CCC(=O)O)C(=O)N[C@@H](CCC(=O)O)C(=O)O)C(C)C)[C@@H](C)O)C(C)C)[C@@H](C)CC. The molecule has 0 saturated carbocycles. The molecule has 0 radical (unpaired) electrons. The average Bonchev–Trinajstić information content (AvgIpc) is 1.78. The Bertz CT molecular complexity index is 3530. The molecule has 16 amide bonds. The number of nitrogens with zero attached hydrogens (tertiary/aromatic N) is 1. The van der Waals surface area contributed by atoms with Crippen LogP contribution in [0.4, 0.5) is 0 Å². The molecule has 0 spiro atoms. The summed E-state index contributed by atoms with van der Waals surface area (Å²) in [6.07, 6.45) is -2.42. The summed E-state index contributed by atoms with van der Waals surface area (Å²) in [6.45, 7) is 13.0. The molecule has 0 aliphatic carbocycles. The van der Waals surface area contributed by atoms with Crippen molar-refractivity contribution in [3.63, 3.8) is 0 Å². The Morgan fingerprint density at radius 3 is 1.26 bits per heavy atom. The van der Waals surface area contributed by atoms with Gasteiger partial charge in [-0.25, -0.2) is 4.79 Å². The average molecular weight is 1730 g/mol. The zero-order valence-electron chi connectivity index (χ0n) is 70.5. The third kappa shape index (κ3) is 39.5. The van der Waals surface area contributed by atoms with Crippen molar-refractivity contribution in [3.05, 3.63) is 0 Å². The van der Waals surface area contributed by atoms with Crippen molar-refractivity contribution in [2.75, 3.05) is 52.5 Å². The number of carbonyl (C=O) groups excluding carboxylic acids is 16. The van der Waals surface area contributed by atoms with Crippen LogP contribution in [-0.4, -0.2) is 302 Å². The molecule has 1 heterocycles. The van der Waals surface area contributed by atoms with Gasteiger partial charge in [-0.3, -0.25) is 91.1 Å². The summed E-state index contributed by atoms with van der Waals surface area (Å²) >= 11 is 0. The number of carboxylic acids is 4. The normalized spacial score (nSPS) is 16.5. The lowest BCUT2D eigenvalue weighted by molar-refractivity contribution is -0.144. The van der Waals surface area contributed by atoms with E-state index in [2.05, 4.69) is 74.4 Å². The first kappa shape index (κ1) is 108. The first-order chi connectivity index (χ1) is 56.7. The van der Waals surface area contributed by atoms with Gasteiger partial charge >= 0.3 is 23.9 Å². The summed E-state index contributed by atoms with van der Waals surface area (Å²) in [7, 11) is 0. The van der Waals surface area contributed by atoms with E-state index in [1.165, 1.54) is 34.6 Å². The van der Waals surface area contributed by atoms with Gasteiger partial charge in [0.25, 0.3) is 0 Å². The largest absolute Gasteiger partial charge is 0.481 e. The molecule has 1 saturated heterocycles. The van der Waals surface area contributed by atoms with Gasteiger partial charge in [-0.1, -0.05) is 88.5 Å². The second kappa shape index (κ2) is 55.9. The van der Waals surface area contributed by atoms with Gasteiger partial charge in [-0.2, -0.15) is 0 Å². The predicted octanol–water partition coefficient (Wildman–Crippen LogP) is -8.17. The fourth-order valence-corrected chi connectivity index (χ4v) is 12.2. The number of amides is 16. The summed E-state index contributed by atoms with van der Waals surface area (Å²) in [4.78, 5) is 266. The van der Waals surface area contributed by atoms with Crippen molar-refractivity contribution in [2.45, 2.75) is 270 Å². The molecule has 0 aromatic heterocycles. The van der Waals surface area contributed by atoms with Gasteiger partial charge in [-0.15, -0.1) is 0 Å². The number of carbonyl (C=O) groups is 20. The van der Waals surface area contributed by atoms with E-state index in [1.807, 2.05) is 5.32 Å². The lowest BCUT2D eigenvalue weighted by atomic mass is 9.95. The van der Waals surface area contributed by atoms with Crippen LogP contribution in [-0.2, 0) is 95.9 Å². The summed E-state index contributed by atoms with van der Waals surface area (Å²) < 4.78 is 0. The van der Waals surface area contributed by atoms with Crippen molar-refractivity contribution in [1.29, 1.82) is 0 Å². The Morgan fingerprint density at radius 1 is 0.397 bits per heavy atom. The van der Waals surface area contributed by atoms with Crippen LogP contribution in [0.25, 0.3) is 0 Å². The molecule has 1 rings (SSSR count). The number of unbranched alkanes of at least 4 members (excludes halogenated alkanes) is 2. The maximum absolute atomic E-state index is 14.3. The van der Waals surface area contributed by atoms with Gasteiger partial charge < -0.3 is 138 Å². The number of rotatable bonds is 59. The highest BCUT2D eigenvalue weighted by molar-refractivity contribution is 6.01. The van der Waals surface area contributed by atoms with Crippen LogP contribution in [0.2, 0.25) is 0 Å². The van der Waals surface area contributed by atoms with Crippen molar-refractivity contribution < 1.29 is 132 Å². The van der Waals surface area contributed by atoms with Crippen LogP contribution in [0.5, 0.6) is 0 Å². The van der Waals surface area contributed by atoms with Crippen LogP contribution in [0.3, 0.4) is 0 Å². The molecule has 1 aliphatic heterocycles. The second-order valence-electron chi connectivity index (χ2n) is 30.9. The Labute approximate surface area is 701 Å². The molecule has 46 heteroatoms. The minimum atomic E-state index is -1.91. The number of aliphatic carboxylic acids is 4. The monoisotopic (exact) mass is 1730 g/mol. The lowest BCUT2D eigenvalue weighted by Gasteiger charge is -2.31. The molecule has 0 aromatic carbocycles. The number of aliphatic hydroxyl groups is 3. The van der Waals surface area contributed by atoms with Crippen molar-refractivity contribution in [2.24, 2.45) is 46.8 Å². The Hall–Kier alpha value is -10.8. The van der Waals surface area contributed by atoms with Gasteiger partial charge in [0.05, 0.1) is 51.4 Å². The summed E-state index contributed by atoms with van der Waals surface area (Å²) in [5.41, 5.74) is 17.2. The summed E-state index contributed by atoms with van der Waals surface area (Å²) in [5.74, 6) is -25.4. The topological polar surface area (TPSA) is 745 Å². The van der Waals surface area contributed by atoms with Gasteiger partial charge in [0.1, 0.15) is 78.5 Å². The zero-order chi connectivity index (χ0) is 92.2. The lowest BCUT2D eigenvalue weighted by Crippen LogP contribution is -2.63. The van der Waals surface area contributed by atoms with Gasteiger partial charge in [0, 0.05) is 19.4 Å². The van der Waals surface area contributed by atoms with Gasteiger partial charge in [0.2, 0.25) is 94.5 Å². The molecular weight excluding hydrogens is 1600 g/mol. The maximum Gasteiger partial charge on any atom is 0.326 e. The number of hydrogen-bond donors (Lipinski definition) is 25. The first-order valence-electron chi connectivity index (χ1n) is 40.4. The van der Waals surface area contributed by atoms with Crippen LogP contribution in [0.15, 0.2) is 0 Å². The van der Waals surface area contributed by atoms with Crippen LogP contribution in [0, 0.1) is 29.6 Å². The quantitative estimate of drug-likeness (QED) is 0.0252. The zero-order valence-corrected chi connectivity index (χ0v) is 70.5. The molecule has 1 fully saturated rings. The third-order valence-corrected chi connectivity index (χ3v) is 19.7. The van der Waals surface area contributed by atoms with Gasteiger partial charge in [-0.05, 0) is 114 Å². The van der Waals surface area contributed by atoms with E-state index in [0.29, 0.717) is 32.2 Å². The van der Waals surface area contributed by atoms with Crippen LogP contribution < -0.4 is 97.0 Å². The van der Waals surface area contributed by atoms with Crippen molar-refractivity contribution in [3.8, 4) is 0 Å². The molecule has 0 aromatic rings. The van der Waals surface area contributed by atoms with Crippen molar-refractivity contribution in [1.82, 2.24) is 84.7 Å². The molecule has 0 bridgehead atoms. The van der Waals surface area contributed by atoms with Gasteiger partial charge in [0.15, 0.2) is 0 Å². The van der Waals surface area contributed by atoms with E-state index in [1.54, 1.807) is 34.6 Å². The first-order valence-corrected chi connectivity index (χ1v) is 40.4. The van der Waals surface area contributed by atoms with E-state index < -0.39 is 298 Å². The van der Waals surface area contributed by atoms with E-state index >= 15 is 0 Å². The van der Waals surface area contributed by atoms with Crippen molar-refractivity contribution >= 4 is 118 Å². The second-order valence-corrected chi connectivity index (χ2v) is 30.9. The third-order valence-electron chi connectivity index (χ3n) is 19.7. The minimum absolute atomic E-state index is 0.00811. The van der Waals surface area contributed by atoms with E-state index in [0.717, 1.165) is 11.8 Å². The highest BCUT2D eigenvalue weighted by Crippen LogP contribution is 2.22. The molecule has 0 unspecified atom stereocenters. The molecule has 28 N–H and O–H groups in total. The Morgan fingerprint density at radius 2 is 0.785 bits per heavy atom. The van der Waals surface area contributed by atoms with E-state index in [9.17, 15) is 127 Å². The number of nitrogens with two attached hydrogens (primary N) is 3. The molecule has 46 nitrogen and oxygen atoms in total. The number of aliphatic hydroxyl groups excluding tert-OH is 3. The number of nitrogens with one attached hydrogen (secondary N) is 15. The smallest absolute Gasteiger partial charge is 0.326 e. The van der Waals surface area contributed by atoms with E-state index in [-0.39, 0.29) is 64.0 Å². The molecule has 121 heavy (non-hydrogen) atoms. The summed E-state index contributed by atoms with van der Waals surface area (Å²) in [5, 5.41) is 104. The molecule has 686 valence electrons. The Kier molecular flexibility index (Phi) is 50.0. The molecule has 1 aliphatic rings.